The molecule has 6 atom stereocenters. The number of amides is 1. The van der Waals surface area contributed by atoms with E-state index in [1.165, 1.54) is 12.1 Å². The third kappa shape index (κ3) is 5.20. The van der Waals surface area contributed by atoms with Crippen LogP contribution in [0.3, 0.4) is 0 Å². The molecule has 44 heavy (non-hydrogen) atoms. The highest BCUT2D eigenvalue weighted by molar-refractivity contribution is 6.30. The zero-order valence-corrected chi connectivity index (χ0v) is 23.7. The summed E-state index contributed by atoms with van der Waals surface area (Å²) >= 11 is 0. The number of fused-ring (bicyclic) bond motifs is 3. The van der Waals surface area contributed by atoms with Crippen LogP contribution in [-0.4, -0.2) is 74.8 Å². The molecule has 6 rings (SSSR count). The largest absolute Gasteiger partial charge is 0.507 e. The third-order valence-corrected chi connectivity index (χ3v) is 8.41. The van der Waals surface area contributed by atoms with Gasteiger partial charge in [0.15, 0.2) is 17.9 Å². The second-order valence-electron chi connectivity index (χ2n) is 11.5. The van der Waals surface area contributed by atoms with Gasteiger partial charge in [0.2, 0.25) is 0 Å². The number of phenols is 2. The number of ether oxygens (including phenoxy) is 3. The number of aliphatic hydroxyl groups is 2. The normalized spacial score (nSPS) is 27.6. The fourth-order valence-electron chi connectivity index (χ4n) is 6.22. The number of nitrogens with one attached hydrogen (secondary N) is 1. The van der Waals surface area contributed by atoms with Crippen LogP contribution >= 0.6 is 0 Å². The number of hydrogen-bond acceptors (Lipinski definition) is 11. The van der Waals surface area contributed by atoms with E-state index in [1.807, 2.05) is 0 Å². The van der Waals surface area contributed by atoms with Crippen LogP contribution in [0.15, 0.2) is 54.6 Å². The topological polar surface area (TPSA) is 198 Å². The van der Waals surface area contributed by atoms with Gasteiger partial charge in [0.05, 0.1) is 29.4 Å². The van der Waals surface area contributed by atoms with Crippen molar-refractivity contribution in [1.82, 2.24) is 0 Å². The minimum absolute atomic E-state index is 0.00357. The van der Waals surface area contributed by atoms with Gasteiger partial charge in [-0.3, -0.25) is 14.9 Å². The Labute approximate surface area is 252 Å². The van der Waals surface area contributed by atoms with Crippen LogP contribution in [0.5, 0.6) is 11.5 Å². The maximum Gasteiger partial charge on any atom is 0.411 e. The SMILES string of the molecule is C[C@H]1O[C@@H](O[C@H]2CC(O)(COC(=O)Nc3ccccc3)Cc3c(O)c4c(c(O)c32)C(=O)c2ccccc2C4=O)C[C@H](N)[C@H]1O. The summed E-state index contributed by atoms with van der Waals surface area (Å²) in [4.78, 5) is 39.6. The van der Waals surface area contributed by atoms with Crippen LogP contribution < -0.4 is 11.1 Å². The first kappa shape index (κ1) is 29.7. The number of benzene rings is 3. The number of carbonyl (C=O) groups excluding carboxylic acids is 3. The first-order valence-corrected chi connectivity index (χ1v) is 14.2. The Balaban J connectivity index is 1.38. The molecule has 1 fully saturated rings. The summed E-state index contributed by atoms with van der Waals surface area (Å²) in [6, 6.07) is 13.9. The number of para-hydroxylation sites is 1. The molecule has 2 aliphatic carbocycles. The van der Waals surface area contributed by atoms with E-state index < -0.39 is 72.0 Å². The Morgan fingerprint density at radius 2 is 1.64 bits per heavy atom. The van der Waals surface area contributed by atoms with Gasteiger partial charge >= 0.3 is 6.09 Å². The van der Waals surface area contributed by atoms with Crippen molar-refractivity contribution in [2.45, 2.75) is 62.4 Å². The molecule has 12 heteroatoms. The van der Waals surface area contributed by atoms with E-state index in [4.69, 9.17) is 19.9 Å². The summed E-state index contributed by atoms with van der Waals surface area (Å²) in [6.45, 7) is 1.07. The van der Waals surface area contributed by atoms with E-state index in [9.17, 15) is 34.8 Å². The van der Waals surface area contributed by atoms with Gasteiger partial charge in [0, 0.05) is 53.2 Å². The minimum Gasteiger partial charge on any atom is -0.507 e. The quantitative estimate of drug-likeness (QED) is 0.183. The standard InChI is InChI=1S/C32H32N2O10/c1-15-26(35)20(33)11-22(43-15)44-21-13-32(41,14-42-31(40)34-16-7-3-2-4-8-16)12-19-23(21)30(39)25-24(29(19)38)27(36)17-9-5-6-10-18(17)28(25)37/h2-10,15,20-22,26,35,38-39,41H,11-14,33H2,1H3,(H,34,40)/t15-,20+,21+,22+,26+,32?/m1/s1. The molecule has 1 heterocycles. The van der Waals surface area contributed by atoms with Gasteiger partial charge in [0.1, 0.15) is 23.7 Å². The molecule has 0 bridgehead atoms. The van der Waals surface area contributed by atoms with Gasteiger partial charge in [-0.15, -0.1) is 0 Å². The van der Waals surface area contributed by atoms with E-state index in [0.29, 0.717) is 5.69 Å². The average Bonchev–Trinajstić information content (AvgIpc) is 3.00. The zero-order valence-electron chi connectivity index (χ0n) is 23.7. The first-order chi connectivity index (χ1) is 21.0. The summed E-state index contributed by atoms with van der Waals surface area (Å²) in [6.07, 6.45) is -5.23. The van der Waals surface area contributed by atoms with Crippen molar-refractivity contribution in [2.75, 3.05) is 11.9 Å². The number of phenolic OH excluding ortho intramolecular Hbond substituents is 2. The molecule has 7 N–H and O–H groups in total. The van der Waals surface area contributed by atoms with Crippen molar-refractivity contribution in [1.29, 1.82) is 0 Å². The summed E-state index contributed by atoms with van der Waals surface area (Å²) in [5.41, 5.74) is 4.06. The van der Waals surface area contributed by atoms with E-state index in [1.54, 1.807) is 49.4 Å². The maximum absolute atomic E-state index is 13.5. The zero-order chi connectivity index (χ0) is 31.3. The lowest BCUT2D eigenvalue weighted by Gasteiger charge is -2.42. The molecule has 1 amide bonds. The number of anilines is 1. The highest BCUT2D eigenvalue weighted by Gasteiger charge is 2.48. The smallest absolute Gasteiger partial charge is 0.411 e. The molecule has 230 valence electrons. The summed E-state index contributed by atoms with van der Waals surface area (Å²) in [5.74, 6) is -2.48. The summed E-state index contributed by atoms with van der Waals surface area (Å²) < 4.78 is 17.4. The van der Waals surface area contributed by atoms with E-state index >= 15 is 0 Å². The Morgan fingerprint density at radius 3 is 2.27 bits per heavy atom. The number of aromatic hydroxyl groups is 2. The maximum atomic E-state index is 13.5. The van der Waals surface area contributed by atoms with Crippen LogP contribution in [0.25, 0.3) is 0 Å². The molecule has 1 saturated heterocycles. The van der Waals surface area contributed by atoms with Gasteiger partial charge in [-0.2, -0.15) is 0 Å². The molecule has 3 aliphatic rings. The van der Waals surface area contributed by atoms with Crippen molar-refractivity contribution < 1.29 is 49.0 Å². The predicted molar refractivity (Wildman–Crippen MR) is 155 cm³/mol. The fourth-order valence-corrected chi connectivity index (χ4v) is 6.22. The van der Waals surface area contributed by atoms with Gasteiger partial charge in [-0.05, 0) is 19.1 Å². The number of aliphatic hydroxyl groups excluding tert-OH is 1. The highest BCUT2D eigenvalue weighted by atomic mass is 16.7. The van der Waals surface area contributed by atoms with Gasteiger partial charge in [0.25, 0.3) is 0 Å². The second-order valence-corrected chi connectivity index (χ2v) is 11.5. The number of carbonyl (C=O) groups is 3. The van der Waals surface area contributed by atoms with Crippen molar-refractivity contribution >= 4 is 23.3 Å². The lowest BCUT2D eigenvalue weighted by molar-refractivity contribution is -0.248. The Hall–Kier alpha value is -4.33. The van der Waals surface area contributed by atoms with E-state index in [0.717, 1.165) is 0 Å². The van der Waals surface area contributed by atoms with Crippen LogP contribution in [-0.2, 0) is 20.6 Å². The Kier molecular flexibility index (Phi) is 7.64. The molecule has 0 aromatic heterocycles. The number of hydrogen-bond donors (Lipinski definition) is 6. The van der Waals surface area contributed by atoms with Gasteiger partial charge < -0.3 is 40.4 Å². The molecule has 1 aliphatic heterocycles. The highest BCUT2D eigenvalue weighted by Crippen LogP contribution is 2.51. The van der Waals surface area contributed by atoms with Crippen LogP contribution in [0.1, 0.15) is 68.8 Å². The summed E-state index contributed by atoms with van der Waals surface area (Å²) in [7, 11) is 0. The van der Waals surface area contributed by atoms with Gasteiger partial charge in [-0.25, -0.2) is 4.79 Å². The van der Waals surface area contributed by atoms with Crippen molar-refractivity contribution in [3.63, 3.8) is 0 Å². The molecule has 12 nitrogen and oxygen atoms in total. The van der Waals surface area contributed by atoms with Crippen molar-refractivity contribution in [2.24, 2.45) is 5.73 Å². The monoisotopic (exact) mass is 604 g/mol. The molecule has 3 aromatic carbocycles. The van der Waals surface area contributed by atoms with E-state index in [2.05, 4.69) is 5.32 Å². The number of nitrogens with two attached hydrogens (primary N) is 1. The predicted octanol–water partition coefficient (Wildman–Crippen LogP) is 2.68. The first-order valence-electron chi connectivity index (χ1n) is 14.2. The molecular weight excluding hydrogens is 572 g/mol. The Bertz CT molecular complexity index is 1630. The van der Waals surface area contributed by atoms with Crippen LogP contribution in [0.2, 0.25) is 0 Å². The molecule has 0 saturated carbocycles. The number of ketones is 2. The molecule has 0 spiro atoms. The lowest BCUT2D eigenvalue weighted by atomic mass is 9.73. The molecule has 3 aromatic rings. The molecule has 1 unspecified atom stereocenters. The van der Waals surface area contributed by atoms with E-state index in [-0.39, 0.29) is 52.6 Å². The molecular formula is C32H32N2O10. The fraction of sp³-hybridized carbons (Fsp3) is 0.344. The molecule has 0 radical (unpaired) electrons. The van der Waals surface area contributed by atoms with Crippen LogP contribution in [0, 0.1) is 0 Å². The number of rotatable bonds is 5. The van der Waals surface area contributed by atoms with Gasteiger partial charge in [-0.1, -0.05) is 42.5 Å². The summed E-state index contributed by atoms with van der Waals surface area (Å²) in [5, 5.41) is 47.6. The van der Waals surface area contributed by atoms with Crippen molar-refractivity contribution in [3.8, 4) is 11.5 Å². The van der Waals surface area contributed by atoms with Crippen molar-refractivity contribution in [3.05, 3.63) is 88.0 Å². The Morgan fingerprint density at radius 1 is 1.02 bits per heavy atom. The average molecular weight is 605 g/mol. The third-order valence-electron chi connectivity index (χ3n) is 8.41. The lowest BCUT2D eigenvalue weighted by Crippen LogP contribution is -2.52. The second kappa shape index (κ2) is 11.3. The van der Waals surface area contributed by atoms with Crippen LogP contribution in [0.4, 0.5) is 10.5 Å². The minimum atomic E-state index is -1.84.